The Kier molecular flexibility index (Phi) is 5.97. The first-order chi connectivity index (χ1) is 13.1. The molecule has 1 fully saturated rings. The third-order valence-corrected chi connectivity index (χ3v) is 4.77. The molecule has 140 valence electrons. The Balaban J connectivity index is 1.72. The van der Waals surface area contributed by atoms with Crippen LogP contribution >= 0.6 is 0 Å². The van der Waals surface area contributed by atoms with E-state index in [0.29, 0.717) is 24.8 Å². The van der Waals surface area contributed by atoms with E-state index in [9.17, 15) is 9.90 Å². The predicted molar refractivity (Wildman–Crippen MR) is 106 cm³/mol. The summed E-state index contributed by atoms with van der Waals surface area (Å²) in [7, 11) is 0. The highest BCUT2D eigenvalue weighted by atomic mass is 16.5. The lowest BCUT2D eigenvalue weighted by Crippen LogP contribution is -2.26. The van der Waals surface area contributed by atoms with E-state index in [1.807, 2.05) is 12.1 Å². The van der Waals surface area contributed by atoms with Gasteiger partial charge in [0.15, 0.2) is 0 Å². The quantitative estimate of drug-likeness (QED) is 0.351. The van der Waals surface area contributed by atoms with Crippen LogP contribution in [-0.2, 0) is 4.79 Å². The molecule has 0 radical (unpaired) electrons. The summed E-state index contributed by atoms with van der Waals surface area (Å²) in [6, 6.07) is 6.14. The standard InChI is InChI=1S/C22H24N2O3/c1-15(19(22(25)26)9-11-23-2)24-14-18-10-12-27-21-13-17(7-8-20(18)21)6-5-16-3-4-16/h7-9,11,13,16,18,24H,2-4,10,12,14H2,1H3,(H,25,26)/b11-9-,19-15-. The van der Waals surface area contributed by atoms with Crippen LogP contribution in [0, 0.1) is 17.8 Å². The molecule has 1 heterocycles. The fraction of sp³-hybridized carbons (Fsp3) is 0.364. The average molecular weight is 364 g/mol. The van der Waals surface area contributed by atoms with Gasteiger partial charge in [-0.2, -0.15) is 0 Å². The smallest absolute Gasteiger partial charge is 0.337 e. The minimum Gasteiger partial charge on any atom is -0.493 e. The van der Waals surface area contributed by atoms with Gasteiger partial charge in [-0.3, -0.25) is 4.99 Å². The van der Waals surface area contributed by atoms with E-state index >= 15 is 0 Å². The molecule has 3 rings (SSSR count). The molecule has 27 heavy (non-hydrogen) atoms. The largest absolute Gasteiger partial charge is 0.493 e. The molecule has 0 amide bonds. The highest BCUT2D eigenvalue weighted by molar-refractivity contribution is 5.90. The van der Waals surface area contributed by atoms with Crippen LogP contribution in [0.1, 0.15) is 43.2 Å². The van der Waals surface area contributed by atoms with E-state index in [4.69, 9.17) is 4.74 Å². The first-order valence-electron chi connectivity index (χ1n) is 9.17. The van der Waals surface area contributed by atoms with Gasteiger partial charge >= 0.3 is 5.97 Å². The topological polar surface area (TPSA) is 70.9 Å². The van der Waals surface area contributed by atoms with E-state index in [0.717, 1.165) is 23.3 Å². The molecular weight excluding hydrogens is 340 g/mol. The van der Waals surface area contributed by atoms with Gasteiger partial charge < -0.3 is 15.2 Å². The summed E-state index contributed by atoms with van der Waals surface area (Å²) >= 11 is 0. The van der Waals surface area contributed by atoms with Crippen molar-refractivity contribution in [2.45, 2.75) is 32.1 Å². The zero-order valence-corrected chi connectivity index (χ0v) is 15.5. The van der Waals surface area contributed by atoms with Crippen molar-refractivity contribution in [2.75, 3.05) is 13.2 Å². The molecule has 1 aromatic carbocycles. The van der Waals surface area contributed by atoms with Crippen molar-refractivity contribution in [1.82, 2.24) is 5.32 Å². The van der Waals surface area contributed by atoms with Crippen LogP contribution < -0.4 is 10.1 Å². The molecule has 2 N–H and O–H groups in total. The minimum absolute atomic E-state index is 0.181. The summed E-state index contributed by atoms with van der Waals surface area (Å²) < 4.78 is 5.83. The maximum atomic E-state index is 11.4. The van der Waals surface area contributed by atoms with Crippen molar-refractivity contribution >= 4 is 12.7 Å². The summed E-state index contributed by atoms with van der Waals surface area (Å²) in [5, 5.41) is 12.6. The SMILES string of the molecule is C=N/C=C\C(C(=O)O)=C(/C)NCC1CCOc2cc(C#CC3CC3)ccc21. The molecule has 5 heteroatoms. The molecule has 1 aliphatic carbocycles. The molecule has 1 saturated carbocycles. The number of carboxylic acid groups (broad SMARTS) is 1. The Morgan fingerprint density at radius 2 is 2.26 bits per heavy atom. The van der Waals surface area contributed by atoms with Gasteiger partial charge in [0.2, 0.25) is 0 Å². The summed E-state index contributed by atoms with van der Waals surface area (Å²) in [6.07, 6.45) is 6.13. The van der Waals surface area contributed by atoms with Crippen molar-refractivity contribution in [2.24, 2.45) is 10.9 Å². The fourth-order valence-corrected chi connectivity index (χ4v) is 3.02. The number of carboxylic acids is 1. The maximum Gasteiger partial charge on any atom is 0.337 e. The lowest BCUT2D eigenvalue weighted by molar-refractivity contribution is -0.132. The predicted octanol–water partition coefficient (Wildman–Crippen LogP) is 3.48. The van der Waals surface area contributed by atoms with E-state index in [2.05, 4.69) is 34.9 Å². The molecule has 1 aliphatic heterocycles. The Morgan fingerprint density at radius 1 is 1.44 bits per heavy atom. The second-order valence-electron chi connectivity index (χ2n) is 6.85. The second kappa shape index (κ2) is 8.59. The Labute approximate surface area is 159 Å². The molecule has 1 aromatic rings. The number of fused-ring (bicyclic) bond motifs is 1. The van der Waals surface area contributed by atoms with Crippen molar-refractivity contribution in [3.8, 4) is 17.6 Å². The number of nitrogens with zero attached hydrogens (tertiary/aromatic N) is 1. The number of aliphatic imine (C=N–C) groups is 1. The molecule has 0 saturated heterocycles. The minimum atomic E-state index is -0.994. The molecule has 1 atom stereocenters. The summed E-state index contributed by atoms with van der Waals surface area (Å²) in [5.74, 6) is 7.22. The molecule has 5 nitrogen and oxygen atoms in total. The molecule has 0 aromatic heterocycles. The van der Waals surface area contributed by atoms with Gasteiger partial charge in [-0.15, -0.1) is 0 Å². The molecular formula is C22H24N2O3. The number of hydrogen-bond donors (Lipinski definition) is 2. The van der Waals surface area contributed by atoms with Crippen LogP contribution in [0.5, 0.6) is 5.75 Å². The summed E-state index contributed by atoms with van der Waals surface area (Å²) in [5.41, 5.74) is 2.90. The third kappa shape index (κ3) is 5.01. The first kappa shape index (κ1) is 18.8. The molecule has 0 bridgehead atoms. The monoisotopic (exact) mass is 364 g/mol. The van der Waals surface area contributed by atoms with Gasteiger partial charge in [-0.1, -0.05) is 17.9 Å². The maximum absolute atomic E-state index is 11.4. The number of nitrogens with one attached hydrogen (secondary N) is 1. The first-order valence-corrected chi connectivity index (χ1v) is 9.17. The lowest BCUT2D eigenvalue weighted by atomic mass is 9.92. The van der Waals surface area contributed by atoms with Crippen LogP contribution in [0.3, 0.4) is 0 Å². The summed E-state index contributed by atoms with van der Waals surface area (Å²) in [4.78, 5) is 15.0. The Hall–Kier alpha value is -3.00. The van der Waals surface area contributed by atoms with Gasteiger partial charge in [-0.05, 0) is 56.7 Å². The van der Waals surface area contributed by atoms with Crippen LogP contribution in [0.2, 0.25) is 0 Å². The van der Waals surface area contributed by atoms with Crippen LogP contribution in [0.15, 0.2) is 46.7 Å². The normalized spacial score (nSPS) is 19.2. The van der Waals surface area contributed by atoms with Crippen LogP contribution in [0.4, 0.5) is 0 Å². The van der Waals surface area contributed by atoms with Gasteiger partial charge in [0, 0.05) is 35.8 Å². The zero-order valence-electron chi connectivity index (χ0n) is 15.5. The van der Waals surface area contributed by atoms with Gasteiger partial charge in [-0.25, -0.2) is 4.79 Å². The van der Waals surface area contributed by atoms with E-state index in [1.54, 1.807) is 6.92 Å². The number of rotatable bonds is 6. The van der Waals surface area contributed by atoms with Crippen molar-refractivity contribution in [3.05, 3.63) is 52.9 Å². The number of ether oxygens (including phenoxy) is 1. The zero-order chi connectivity index (χ0) is 19.2. The third-order valence-electron chi connectivity index (χ3n) is 4.77. The number of carbonyl (C=O) groups is 1. The van der Waals surface area contributed by atoms with Crippen molar-refractivity contribution in [1.29, 1.82) is 0 Å². The van der Waals surface area contributed by atoms with Gasteiger partial charge in [0.05, 0.1) is 12.2 Å². The highest BCUT2D eigenvalue weighted by Crippen LogP contribution is 2.34. The van der Waals surface area contributed by atoms with E-state index in [-0.39, 0.29) is 11.5 Å². The highest BCUT2D eigenvalue weighted by Gasteiger charge is 2.22. The molecule has 1 unspecified atom stereocenters. The van der Waals surface area contributed by atoms with Gasteiger partial charge in [0.25, 0.3) is 0 Å². The lowest BCUT2D eigenvalue weighted by Gasteiger charge is -2.27. The Bertz CT molecular complexity index is 854. The number of allylic oxidation sites excluding steroid dienone is 1. The van der Waals surface area contributed by atoms with E-state index < -0.39 is 5.97 Å². The van der Waals surface area contributed by atoms with Crippen LogP contribution in [-0.4, -0.2) is 30.9 Å². The fourth-order valence-electron chi connectivity index (χ4n) is 3.02. The van der Waals surface area contributed by atoms with Crippen molar-refractivity contribution in [3.63, 3.8) is 0 Å². The molecule has 2 aliphatic rings. The molecule has 0 spiro atoms. The van der Waals surface area contributed by atoms with Gasteiger partial charge in [0.1, 0.15) is 5.75 Å². The average Bonchev–Trinajstić information content (AvgIpc) is 3.49. The summed E-state index contributed by atoms with van der Waals surface area (Å²) in [6.45, 7) is 6.38. The second-order valence-corrected chi connectivity index (χ2v) is 6.85. The number of benzene rings is 1. The number of hydrogen-bond acceptors (Lipinski definition) is 4. The van der Waals surface area contributed by atoms with Crippen molar-refractivity contribution < 1.29 is 14.6 Å². The number of aliphatic carboxylic acids is 1. The van der Waals surface area contributed by atoms with E-state index in [1.165, 1.54) is 25.1 Å². The Morgan fingerprint density at radius 3 is 2.96 bits per heavy atom. The van der Waals surface area contributed by atoms with Crippen LogP contribution in [0.25, 0.3) is 0 Å².